The van der Waals surface area contributed by atoms with E-state index in [1.165, 1.54) is 32.1 Å². The Bertz CT molecular complexity index is 380. The van der Waals surface area contributed by atoms with Gasteiger partial charge in [-0.15, -0.1) is 0 Å². The van der Waals surface area contributed by atoms with Crippen LogP contribution in [0.5, 0.6) is 0 Å². The van der Waals surface area contributed by atoms with Crippen LogP contribution in [0.3, 0.4) is 0 Å². The van der Waals surface area contributed by atoms with E-state index in [-0.39, 0.29) is 5.56 Å². The monoisotopic (exact) mass is 234 g/mol. The summed E-state index contributed by atoms with van der Waals surface area (Å²) in [6.07, 6.45) is 8.80. The van der Waals surface area contributed by atoms with Crippen molar-refractivity contribution >= 4 is 0 Å². The van der Waals surface area contributed by atoms with Crippen LogP contribution in [0.1, 0.15) is 32.1 Å². The molecule has 1 aliphatic rings. The summed E-state index contributed by atoms with van der Waals surface area (Å²) in [6, 6.07) is 5.30. The minimum atomic E-state index is 0.0898. The fraction of sp³-hybridized carbons (Fsp3) is 0.643. The van der Waals surface area contributed by atoms with Gasteiger partial charge < -0.3 is 9.88 Å². The molecule has 0 bridgehead atoms. The van der Waals surface area contributed by atoms with Gasteiger partial charge in [0.15, 0.2) is 0 Å². The summed E-state index contributed by atoms with van der Waals surface area (Å²) in [5.41, 5.74) is 0.0898. The standard InChI is InChI=1S/C14H22N2O/c17-14-8-4-5-10-16(14)11-9-15-12-13-6-2-1-3-7-13/h4-5,8,10,13,15H,1-3,6-7,9,11-12H2. The van der Waals surface area contributed by atoms with Gasteiger partial charge in [0.1, 0.15) is 0 Å². The van der Waals surface area contributed by atoms with Gasteiger partial charge in [-0.25, -0.2) is 0 Å². The summed E-state index contributed by atoms with van der Waals surface area (Å²) in [5.74, 6) is 0.858. The Balaban J connectivity index is 1.66. The summed E-state index contributed by atoms with van der Waals surface area (Å²) in [5, 5.41) is 3.47. The van der Waals surface area contributed by atoms with E-state index in [1.54, 1.807) is 16.7 Å². The molecule has 0 amide bonds. The molecule has 3 heteroatoms. The molecule has 17 heavy (non-hydrogen) atoms. The van der Waals surface area contributed by atoms with E-state index in [4.69, 9.17) is 0 Å². The van der Waals surface area contributed by atoms with Gasteiger partial charge in [-0.1, -0.05) is 25.3 Å². The number of nitrogens with zero attached hydrogens (tertiary/aromatic N) is 1. The molecule has 0 radical (unpaired) electrons. The Morgan fingerprint density at radius 2 is 2.06 bits per heavy atom. The predicted octanol–water partition coefficient (Wildman–Crippen LogP) is 2.02. The second kappa shape index (κ2) is 6.60. The highest BCUT2D eigenvalue weighted by atomic mass is 16.1. The molecule has 0 unspecified atom stereocenters. The van der Waals surface area contributed by atoms with E-state index in [0.29, 0.717) is 0 Å². The second-order valence-corrected chi connectivity index (χ2v) is 4.94. The maximum absolute atomic E-state index is 11.5. The molecule has 3 nitrogen and oxygen atoms in total. The molecule has 1 heterocycles. The van der Waals surface area contributed by atoms with Crippen molar-refractivity contribution in [3.05, 3.63) is 34.7 Å². The molecule has 0 aromatic carbocycles. The predicted molar refractivity (Wildman–Crippen MR) is 70.1 cm³/mol. The number of rotatable bonds is 5. The molecule has 1 aromatic rings. The molecule has 1 aromatic heterocycles. The quantitative estimate of drug-likeness (QED) is 0.791. The van der Waals surface area contributed by atoms with Gasteiger partial charge in [-0.2, -0.15) is 0 Å². The van der Waals surface area contributed by atoms with E-state index in [2.05, 4.69) is 5.32 Å². The van der Waals surface area contributed by atoms with Gasteiger partial charge in [-0.3, -0.25) is 4.79 Å². The van der Waals surface area contributed by atoms with Crippen molar-refractivity contribution in [2.45, 2.75) is 38.6 Å². The molecule has 1 fully saturated rings. The number of hydrogen-bond acceptors (Lipinski definition) is 2. The summed E-state index contributed by atoms with van der Waals surface area (Å²) in [7, 11) is 0. The van der Waals surface area contributed by atoms with Crippen molar-refractivity contribution in [2.24, 2.45) is 5.92 Å². The largest absolute Gasteiger partial charge is 0.315 e. The molecule has 2 rings (SSSR count). The van der Waals surface area contributed by atoms with Gasteiger partial charge in [0.25, 0.3) is 5.56 Å². The van der Waals surface area contributed by atoms with E-state index in [9.17, 15) is 4.79 Å². The average Bonchev–Trinajstić information content (AvgIpc) is 2.38. The van der Waals surface area contributed by atoms with Crippen LogP contribution < -0.4 is 10.9 Å². The van der Waals surface area contributed by atoms with Crippen molar-refractivity contribution in [1.29, 1.82) is 0 Å². The summed E-state index contributed by atoms with van der Waals surface area (Å²) in [6.45, 7) is 2.77. The third-order valence-corrected chi connectivity index (χ3v) is 3.59. The van der Waals surface area contributed by atoms with Crippen LogP contribution in [0, 0.1) is 5.92 Å². The van der Waals surface area contributed by atoms with Gasteiger partial charge in [0, 0.05) is 25.4 Å². The molecule has 1 saturated carbocycles. The number of aromatic nitrogens is 1. The molecule has 0 aliphatic heterocycles. The van der Waals surface area contributed by atoms with E-state index in [1.807, 2.05) is 12.3 Å². The van der Waals surface area contributed by atoms with Crippen molar-refractivity contribution in [2.75, 3.05) is 13.1 Å². The molecule has 0 saturated heterocycles. The van der Waals surface area contributed by atoms with E-state index < -0.39 is 0 Å². The summed E-state index contributed by atoms with van der Waals surface area (Å²) < 4.78 is 1.76. The molecular weight excluding hydrogens is 212 g/mol. The second-order valence-electron chi connectivity index (χ2n) is 4.94. The SMILES string of the molecule is O=c1ccccn1CCNCC1CCCCC1. The minimum Gasteiger partial charge on any atom is -0.315 e. The summed E-state index contributed by atoms with van der Waals surface area (Å²) in [4.78, 5) is 11.5. The van der Waals surface area contributed by atoms with Gasteiger partial charge in [0.2, 0.25) is 0 Å². The third-order valence-electron chi connectivity index (χ3n) is 3.59. The topological polar surface area (TPSA) is 34.0 Å². The van der Waals surface area contributed by atoms with Crippen LogP contribution in [0.15, 0.2) is 29.2 Å². The van der Waals surface area contributed by atoms with E-state index >= 15 is 0 Å². The highest BCUT2D eigenvalue weighted by Gasteiger charge is 2.12. The van der Waals surface area contributed by atoms with Crippen LogP contribution in [-0.4, -0.2) is 17.7 Å². The molecule has 1 aliphatic carbocycles. The first-order valence-electron chi connectivity index (χ1n) is 6.72. The highest BCUT2D eigenvalue weighted by molar-refractivity contribution is 4.93. The Labute approximate surface area is 103 Å². The lowest BCUT2D eigenvalue weighted by Gasteiger charge is -2.21. The minimum absolute atomic E-state index is 0.0898. The number of nitrogens with one attached hydrogen (secondary N) is 1. The smallest absolute Gasteiger partial charge is 0.250 e. The third kappa shape index (κ3) is 4.00. The Kier molecular flexibility index (Phi) is 4.80. The fourth-order valence-corrected chi connectivity index (χ4v) is 2.54. The highest BCUT2D eigenvalue weighted by Crippen LogP contribution is 2.22. The van der Waals surface area contributed by atoms with Crippen LogP contribution in [0.25, 0.3) is 0 Å². The van der Waals surface area contributed by atoms with Gasteiger partial charge in [0.05, 0.1) is 0 Å². The van der Waals surface area contributed by atoms with Crippen molar-refractivity contribution in [3.63, 3.8) is 0 Å². The number of hydrogen-bond donors (Lipinski definition) is 1. The lowest BCUT2D eigenvalue weighted by atomic mass is 9.89. The molecule has 94 valence electrons. The Morgan fingerprint density at radius 1 is 1.24 bits per heavy atom. The lowest BCUT2D eigenvalue weighted by molar-refractivity contribution is 0.340. The van der Waals surface area contributed by atoms with Crippen LogP contribution in [0.4, 0.5) is 0 Å². The molecule has 0 atom stereocenters. The Morgan fingerprint density at radius 3 is 2.82 bits per heavy atom. The van der Waals surface area contributed by atoms with Crippen molar-refractivity contribution in [3.8, 4) is 0 Å². The lowest BCUT2D eigenvalue weighted by Crippen LogP contribution is -2.30. The summed E-state index contributed by atoms with van der Waals surface area (Å²) >= 11 is 0. The molecule has 1 N–H and O–H groups in total. The molecule has 0 spiro atoms. The molecular formula is C14H22N2O. The van der Waals surface area contributed by atoms with E-state index in [0.717, 1.165) is 25.6 Å². The van der Waals surface area contributed by atoms with Crippen LogP contribution in [-0.2, 0) is 6.54 Å². The number of pyridine rings is 1. The van der Waals surface area contributed by atoms with Crippen LogP contribution >= 0.6 is 0 Å². The maximum Gasteiger partial charge on any atom is 0.250 e. The first-order valence-corrected chi connectivity index (χ1v) is 6.72. The maximum atomic E-state index is 11.5. The zero-order valence-electron chi connectivity index (χ0n) is 10.4. The van der Waals surface area contributed by atoms with Crippen LogP contribution in [0.2, 0.25) is 0 Å². The fourth-order valence-electron chi connectivity index (χ4n) is 2.54. The zero-order chi connectivity index (χ0) is 11.9. The zero-order valence-corrected chi connectivity index (χ0v) is 10.4. The van der Waals surface area contributed by atoms with Crippen molar-refractivity contribution < 1.29 is 0 Å². The average molecular weight is 234 g/mol. The Hall–Kier alpha value is -1.09. The van der Waals surface area contributed by atoms with Gasteiger partial charge in [-0.05, 0) is 31.4 Å². The first kappa shape index (κ1) is 12.4. The first-order chi connectivity index (χ1) is 8.36. The van der Waals surface area contributed by atoms with Gasteiger partial charge >= 0.3 is 0 Å². The normalized spacial score (nSPS) is 17.2. The van der Waals surface area contributed by atoms with Crippen molar-refractivity contribution in [1.82, 2.24) is 9.88 Å².